The third-order valence-electron chi connectivity index (χ3n) is 4.12. The number of non-ortho nitro benzene ring substituents is 1. The fraction of sp³-hybridized carbons (Fsp3) is 0.278. The monoisotopic (exact) mass is 371 g/mol. The maximum atomic E-state index is 12.6. The van der Waals surface area contributed by atoms with Gasteiger partial charge in [0.25, 0.3) is 5.69 Å². The van der Waals surface area contributed by atoms with E-state index in [0.717, 1.165) is 4.90 Å². The van der Waals surface area contributed by atoms with Crippen LogP contribution in [0.5, 0.6) is 0 Å². The highest BCUT2D eigenvalue weighted by molar-refractivity contribution is 5.93. The normalized spacial score (nSPS) is 16.4. The number of hydrogen-bond acceptors (Lipinski definition) is 6. The first kappa shape index (κ1) is 19.7. The third kappa shape index (κ3) is 4.12. The molecular weight excluding hydrogens is 354 g/mol. The molecule has 0 aliphatic carbocycles. The van der Waals surface area contributed by atoms with Crippen molar-refractivity contribution in [3.63, 3.8) is 0 Å². The summed E-state index contributed by atoms with van der Waals surface area (Å²) in [5, 5.41) is 28.9. The van der Waals surface area contributed by atoms with Crippen LogP contribution in [0.2, 0.25) is 0 Å². The fourth-order valence-corrected chi connectivity index (χ4v) is 2.91. The van der Waals surface area contributed by atoms with Crippen LogP contribution in [0.25, 0.3) is 0 Å². The maximum absolute atomic E-state index is 12.6. The first-order valence-corrected chi connectivity index (χ1v) is 7.98. The number of esters is 1. The number of carbonyl (C=O) groups is 2. The number of allylic oxidation sites excluding steroid dienone is 3. The van der Waals surface area contributed by atoms with Gasteiger partial charge in [0, 0.05) is 29.4 Å². The summed E-state index contributed by atoms with van der Waals surface area (Å²) in [7, 11) is 0. The van der Waals surface area contributed by atoms with Crippen molar-refractivity contribution in [3.05, 3.63) is 63.0 Å². The van der Waals surface area contributed by atoms with Gasteiger partial charge in [-0.15, -0.1) is 0 Å². The zero-order valence-electron chi connectivity index (χ0n) is 14.7. The number of carboxylic acid groups (broad SMARTS) is 1. The predicted molar refractivity (Wildman–Crippen MR) is 93.3 cm³/mol. The Hall–Kier alpha value is -3.67. The van der Waals surface area contributed by atoms with E-state index in [1.54, 1.807) is 13.0 Å². The van der Waals surface area contributed by atoms with E-state index in [-0.39, 0.29) is 30.0 Å². The standard InChI is InChI=1S/C18H17N3O6/c1-11-10-15(13-4-6-14(7-5-13)21(25)26)16(12(2)20(11)18(23)24)17(22)27-9-3-8-19/h4-7,10,15H,3,9H2,1-2H3,(H,23,24). The molecule has 0 spiro atoms. The second kappa shape index (κ2) is 8.14. The molecule has 1 unspecified atom stereocenters. The number of ether oxygens (including phenoxy) is 1. The molecule has 1 heterocycles. The molecule has 1 aromatic carbocycles. The van der Waals surface area contributed by atoms with Gasteiger partial charge >= 0.3 is 12.1 Å². The number of carbonyl (C=O) groups excluding carboxylic acids is 1. The molecule has 0 bridgehead atoms. The molecule has 1 N–H and O–H groups in total. The quantitative estimate of drug-likeness (QED) is 0.363. The summed E-state index contributed by atoms with van der Waals surface area (Å²) < 4.78 is 5.09. The summed E-state index contributed by atoms with van der Waals surface area (Å²) in [6.07, 6.45) is 0.353. The Morgan fingerprint density at radius 3 is 2.48 bits per heavy atom. The third-order valence-corrected chi connectivity index (χ3v) is 4.12. The number of nitrogens with zero attached hydrogens (tertiary/aromatic N) is 3. The second-order valence-electron chi connectivity index (χ2n) is 5.80. The minimum atomic E-state index is -1.24. The summed E-state index contributed by atoms with van der Waals surface area (Å²) >= 11 is 0. The molecule has 1 aliphatic rings. The van der Waals surface area contributed by atoms with Gasteiger partial charge in [0.1, 0.15) is 6.61 Å². The van der Waals surface area contributed by atoms with E-state index >= 15 is 0 Å². The summed E-state index contributed by atoms with van der Waals surface area (Å²) in [5.74, 6) is -1.36. The number of nitro groups is 1. The SMILES string of the molecule is CC1=CC(c2ccc([N+](=O)[O-])cc2)C(C(=O)OCCC#N)=C(C)N1C(=O)O. The van der Waals surface area contributed by atoms with Gasteiger partial charge in [-0.2, -0.15) is 5.26 Å². The van der Waals surface area contributed by atoms with Crippen LogP contribution in [0.1, 0.15) is 31.7 Å². The van der Waals surface area contributed by atoms with Crippen LogP contribution in [0.15, 0.2) is 47.3 Å². The Morgan fingerprint density at radius 1 is 1.33 bits per heavy atom. The van der Waals surface area contributed by atoms with Crippen LogP contribution in [-0.4, -0.2) is 33.6 Å². The molecular formula is C18H17N3O6. The number of hydrogen-bond donors (Lipinski definition) is 1. The highest BCUT2D eigenvalue weighted by atomic mass is 16.6. The fourth-order valence-electron chi connectivity index (χ4n) is 2.91. The number of nitro benzene ring substituents is 1. The molecule has 0 radical (unpaired) electrons. The summed E-state index contributed by atoms with van der Waals surface area (Å²) in [6.45, 7) is 2.96. The molecule has 1 atom stereocenters. The highest BCUT2D eigenvalue weighted by Crippen LogP contribution is 2.37. The highest BCUT2D eigenvalue weighted by Gasteiger charge is 2.34. The lowest BCUT2D eigenvalue weighted by atomic mass is 9.86. The lowest BCUT2D eigenvalue weighted by Crippen LogP contribution is -2.33. The Bertz CT molecular complexity index is 879. The molecule has 0 saturated heterocycles. The second-order valence-corrected chi connectivity index (χ2v) is 5.80. The first-order valence-electron chi connectivity index (χ1n) is 7.98. The molecule has 9 nitrogen and oxygen atoms in total. The Balaban J connectivity index is 2.49. The predicted octanol–water partition coefficient (Wildman–Crippen LogP) is 3.31. The van der Waals surface area contributed by atoms with E-state index in [2.05, 4.69) is 0 Å². The molecule has 0 aromatic heterocycles. The molecule has 1 aromatic rings. The van der Waals surface area contributed by atoms with Gasteiger partial charge in [-0.25, -0.2) is 9.59 Å². The lowest BCUT2D eigenvalue weighted by molar-refractivity contribution is -0.384. The average Bonchev–Trinajstić information content (AvgIpc) is 2.61. The van der Waals surface area contributed by atoms with Crippen molar-refractivity contribution in [1.82, 2.24) is 4.90 Å². The molecule has 1 amide bonds. The molecule has 27 heavy (non-hydrogen) atoms. The van der Waals surface area contributed by atoms with Gasteiger partial charge in [0.2, 0.25) is 0 Å². The largest absolute Gasteiger partial charge is 0.464 e. The van der Waals surface area contributed by atoms with Crippen molar-refractivity contribution in [3.8, 4) is 6.07 Å². The molecule has 9 heteroatoms. The van der Waals surface area contributed by atoms with E-state index in [1.807, 2.05) is 6.07 Å². The zero-order chi connectivity index (χ0) is 20.1. The molecule has 2 rings (SSSR count). The van der Waals surface area contributed by atoms with E-state index in [0.29, 0.717) is 11.3 Å². The van der Waals surface area contributed by atoms with E-state index in [9.17, 15) is 24.8 Å². The van der Waals surface area contributed by atoms with Crippen LogP contribution in [-0.2, 0) is 9.53 Å². The Labute approximate surface area is 154 Å². The number of benzene rings is 1. The van der Waals surface area contributed by atoms with Crippen molar-refractivity contribution >= 4 is 17.7 Å². The summed E-state index contributed by atoms with van der Waals surface area (Å²) in [6, 6.07) is 7.51. The molecule has 0 fully saturated rings. The molecule has 1 aliphatic heterocycles. The smallest absolute Gasteiger partial charge is 0.415 e. The number of rotatable bonds is 5. The summed E-state index contributed by atoms with van der Waals surface area (Å²) in [4.78, 5) is 35.4. The minimum absolute atomic E-state index is 0.0117. The van der Waals surface area contributed by atoms with Gasteiger partial charge in [0.05, 0.1) is 23.0 Å². The van der Waals surface area contributed by atoms with E-state index in [4.69, 9.17) is 10.00 Å². The number of amides is 1. The lowest BCUT2D eigenvalue weighted by Gasteiger charge is -2.31. The number of nitriles is 1. The van der Waals surface area contributed by atoms with Crippen LogP contribution in [0.4, 0.5) is 10.5 Å². The molecule has 0 saturated carbocycles. The van der Waals surface area contributed by atoms with Crippen LogP contribution < -0.4 is 0 Å². The summed E-state index contributed by atoms with van der Waals surface area (Å²) in [5.41, 5.74) is 1.18. The van der Waals surface area contributed by atoms with Crippen molar-refractivity contribution < 1.29 is 24.4 Å². The van der Waals surface area contributed by atoms with Crippen LogP contribution in [0, 0.1) is 21.4 Å². The van der Waals surface area contributed by atoms with Crippen molar-refractivity contribution in [2.45, 2.75) is 26.2 Å². The van der Waals surface area contributed by atoms with E-state index in [1.165, 1.54) is 31.2 Å². The first-order chi connectivity index (χ1) is 12.8. The Morgan fingerprint density at radius 2 is 1.96 bits per heavy atom. The van der Waals surface area contributed by atoms with Crippen LogP contribution in [0.3, 0.4) is 0 Å². The van der Waals surface area contributed by atoms with Gasteiger partial charge < -0.3 is 9.84 Å². The van der Waals surface area contributed by atoms with Crippen LogP contribution >= 0.6 is 0 Å². The van der Waals surface area contributed by atoms with E-state index < -0.39 is 22.9 Å². The minimum Gasteiger partial charge on any atom is -0.464 e. The zero-order valence-corrected chi connectivity index (χ0v) is 14.7. The van der Waals surface area contributed by atoms with Gasteiger partial charge in [-0.05, 0) is 19.4 Å². The van der Waals surface area contributed by atoms with Gasteiger partial charge in [0.15, 0.2) is 0 Å². The topological polar surface area (TPSA) is 134 Å². The molecule has 140 valence electrons. The van der Waals surface area contributed by atoms with Gasteiger partial charge in [-0.1, -0.05) is 18.2 Å². The van der Waals surface area contributed by atoms with Crippen molar-refractivity contribution in [2.24, 2.45) is 0 Å². The van der Waals surface area contributed by atoms with Crippen molar-refractivity contribution in [2.75, 3.05) is 6.61 Å². The average molecular weight is 371 g/mol. The van der Waals surface area contributed by atoms with Gasteiger partial charge in [-0.3, -0.25) is 15.0 Å². The Kier molecular flexibility index (Phi) is 5.92. The maximum Gasteiger partial charge on any atom is 0.415 e. The van der Waals surface area contributed by atoms with Crippen molar-refractivity contribution in [1.29, 1.82) is 5.26 Å².